The second-order valence-corrected chi connectivity index (χ2v) is 7.12. The number of benzene rings is 1. The molecule has 0 saturated carbocycles. The summed E-state index contributed by atoms with van der Waals surface area (Å²) in [5.74, 6) is -6.37. The third-order valence-electron chi connectivity index (χ3n) is 4.21. The molecule has 0 atom stereocenters. The number of nitrogens with one attached hydrogen (secondary N) is 1. The number of pyridine rings is 1. The topological polar surface area (TPSA) is 99.5 Å². The first-order valence-electron chi connectivity index (χ1n) is 8.30. The van der Waals surface area contributed by atoms with E-state index in [1.54, 1.807) is 0 Å². The average Bonchev–Trinajstić information content (AvgIpc) is 3.08. The molecule has 2 heterocycles. The van der Waals surface area contributed by atoms with Gasteiger partial charge in [-0.2, -0.15) is 13.2 Å². The molecule has 162 valence electrons. The minimum absolute atomic E-state index is 0.00663. The Labute approximate surface area is 174 Å². The molecule has 0 bridgehead atoms. The Kier molecular flexibility index (Phi) is 5.68. The average molecular weight is 458 g/mol. The molecular formula is C19H11F5N2O4S. The number of hydrogen-bond acceptors (Lipinski definition) is 5. The molecule has 0 spiro atoms. The van der Waals surface area contributed by atoms with Crippen molar-refractivity contribution in [2.45, 2.75) is 13.1 Å². The standard InChI is InChI=1S/C19H11F5N2O4S/c1-7-2-3-8(14(21)13(7)20)10-6-31-17(12(10)18(29)30)26-16(28)9-4-5-11(19(22,23)24)25-15(9)27/h2-6H,1H3,(H,25,27)(H,26,28)(H,29,30). The Morgan fingerprint density at radius 2 is 1.74 bits per heavy atom. The van der Waals surface area contributed by atoms with Gasteiger partial charge in [-0.3, -0.25) is 4.79 Å². The summed E-state index contributed by atoms with van der Waals surface area (Å²) in [6, 6.07) is 3.57. The molecule has 0 aliphatic heterocycles. The van der Waals surface area contributed by atoms with Crippen molar-refractivity contribution in [3.05, 3.63) is 63.7 Å². The predicted molar refractivity (Wildman–Crippen MR) is 100 cm³/mol. The lowest BCUT2D eigenvalue weighted by Gasteiger charge is -2.10. The molecule has 0 radical (unpaired) electrons. The maximum Gasteiger partial charge on any atom is 0.433 e. The van der Waals surface area contributed by atoms with E-state index in [2.05, 4.69) is 10.3 Å². The summed E-state index contributed by atoms with van der Waals surface area (Å²) in [7, 11) is 0. The van der Waals surface area contributed by atoms with E-state index in [4.69, 9.17) is 0 Å². The Balaban J connectivity index is 1.99. The number of aryl methyl sites for hydroxylation is 1. The lowest BCUT2D eigenvalue weighted by atomic mass is 10.0. The molecule has 3 rings (SSSR count). The maximum atomic E-state index is 14.3. The number of aromatic carboxylic acids is 1. The molecular weight excluding hydrogens is 447 g/mol. The molecule has 31 heavy (non-hydrogen) atoms. The van der Waals surface area contributed by atoms with E-state index in [0.717, 1.165) is 0 Å². The highest BCUT2D eigenvalue weighted by molar-refractivity contribution is 7.15. The van der Waals surface area contributed by atoms with Crippen LogP contribution < -0.4 is 5.32 Å². The number of carboxylic acid groups (broad SMARTS) is 1. The SMILES string of the molecule is Cc1ccc(-c2csc(NC(=O)c3ccc(C(F)(F)F)nc3O)c2C(=O)O)c(F)c1F. The summed E-state index contributed by atoms with van der Waals surface area (Å²) in [6.07, 6.45) is -4.85. The fraction of sp³-hybridized carbons (Fsp3) is 0.105. The molecule has 0 fully saturated rings. The maximum absolute atomic E-state index is 14.3. The largest absolute Gasteiger partial charge is 0.493 e. The van der Waals surface area contributed by atoms with Crippen LogP contribution in [0.5, 0.6) is 5.88 Å². The number of halogens is 5. The van der Waals surface area contributed by atoms with Crippen molar-refractivity contribution in [2.24, 2.45) is 0 Å². The Morgan fingerprint density at radius 1 is 1.06 bits per heavy atom. The second-order valence-electron chi connectivity index (χ2n) is 6.24. The number of carbonyl (C=O) groups excluding carboxylic acids is 1. The molecule has 1 aromatic carbocycles. The Hall–Kier alpha value is -3.54. The zero-order chi connectivity index (χ0) is 23.1. The van der Waals surface area contributed by atoms with Crippen LogP contribution in [0.4, 0.5) is 27.0 Å². The van der Waals surface area contributed by atoms with E-state index in [1.807, 2.05) is 0 Å². The third-order valence-corrected chi connectivity index (χ3v) is 5.10. The number of amides is 1. The molecule has 2 aromatic heterocycles. The summed E-state index contributed by atoms with van der Waals surface area (Å²) in [6.45, 7) is 1.32. The summed E-state index contributed by atoms with van der Waals surface area (Å²) in [4.78, 5) is 27.0. The zero-order valence-corrected chi connectivity index (χ0v) is 16.2. The highest BCUT2D eigenvalue weighted by Gasteiger charge is 2.34. The van der Waals surface area contributed by atoms with Crippen LogP contribution in [0.1, 0.15) is 32.0 Å². The normalized spacial score (nSPS) is 11.4. The first-order valence-corrected chi connectivity index (χ1v) is 9.18. The van der Waals surface area contributed by atoms with Crippen LogP contribution in [0.15, 0.2) is 29.6 Å². The van der Waals surface area contributed by atoms with E-state index >= 15 is 0 Å². The van der Waals surface area contributed by atoms with Gasteiger partial charge in [0.05, 0.1) is 0 Å². The van der Waals surface area contributed by atoms with E-state index in [1.165, 1.54) is 24.4 Å². The number of anilines is 1. The summed E-state index contributed by atoms with van der Waals surface area (Å²) >= 11 is 0.670. The van der Waals surface area contributed by atoms with Crippen LogP contribution in [0, 0.1) is 18.6 Å². The van der Waals surface area contributed by atoms with Gasteiger partial charge in [0.15, 0.2) is 11.6 Å². The van der Waals surface area contributed by atoms with E-state index in [0.29, 0.717) is 23.5 Å². The lowest BCUT2D eigenvalue weighted by Crippen LogP contribution is -2.16. The zero-order valence-electron chi connectivity index (χ0n) is 15.3. The van der Waals surface area contributed by atoms with Crippen LogP contribution in [0.2, 0.25) is 0 Å². The van der Waals surface area contributed by atoms with Gasteiger partial charge in [0.1, 0.15) is 21.8 Å². The molecule has 0 unspecified atom stereocenters. The Morgan fingerprint density at radius 3 is 2.32 bits per heavy atom. The highest BCUT2D eigenvalue weighted by Crippen LogP contribution is 2.38. The van der Waals surface area contributed by atoms with Crippen LogP contribution in [-0.2, 0) is 6.18 Å². The molecule has 0 saturated heterocycles. The van der Waals surface area contributed by atoms with Crippen molar-refractivity contribution in [1.29, 1.82) is 0 Å². The van der Waals surface area contributed by atoms with E-state index < -0.39 is 52.4 Å². The van der Waals surface area contributed by atoms with Crippen molar-refractivity contribution in [3.8, 4) is 17.0 Å². The minimum Gasteiger partial charge on any atom is -0.493 e. The number of thiophene rings is 1. The molecule has 3 aromatic rings. The number of carboxylic acids is 1. The van der Waals surface area contributed by atoms with Gasteiger partial charge < -0.3 is 15.5 Å². The lowest BCUT2D eigenvalue weighted by molar-refractivity contribution is -0.141. The number of carbonyl (C=O) groups is 2. The number of rotatable bonds is 4. The summed E-state index contributed by atoms with van der Waals surface area (Å²) in [5, 5.41) is 22.2. The third kappa shape index (κ3) is 4.19. The van der Waals surface area contributed by atoms with Crippen molar-refractivity contribution in [2.75, 3.05) is 5.32 Å². The summed E-state index contributed by atoms with van der Waals surface area (Å²) < 4.78 is 66.2. The highest BCUT2D eigenvalue weighted by atomic mass is 32.1. The summed E-state index contributed by atoms with van der Waals surface area (Å²) in [5.41, 5.74) is -3.18. The van der Waals surface area contributed by atoms with Crippen LogP contribution in [0.3, 0.4) is 0 Å². The molecule has 6 nitrogen and oxygen atoms in total. The molecule has 1 amide bonds. The van der Waals surface area contributed by atoms with Crippen molar-refractivity contribution in [3.63, 3.8) is 0 Å². The number of aromatic hydroxyl groups is 1. The fourth-order valence-corrected chi connectivity index (χ4v) is 3.62. The number of aromatic nitrogens is 1. The first-order chi connectivity index (χ1) is 14.4. The predicted octanol–water partition coefficient (Wildman–Crippen LogP) is 5.07. The first kappa shape index (κ1) is 22.2. The van der Waals surface area contributed by atoms with Gasteiger partial charge in [0.25, 0.3) is 5.91 Å². The van der Waals surface area contributed by atoms with Gasteiger partial charge in [0, 0.05) is 16.5 Å². The van der Waals surface area contributed by atoms with Gasteiger partial charge >= 0.3 is 12.1 Å². The number of hydrogen-bond donors (Lipinski definition) is 3. The number of nitrogens with zero attached hydrogens (tertiary/aromatic N) is 1. The fourth-order valence-electron chi connectivity index (χ4n) is 2.67. The monoisotopic (exact) mass is 458 g/mol. The van der Waals surface area contributed by atoms with Gasteiger partial charge in [-0.25, -0.2) is 18.6 Å². The van der Waals surface area contributed by atoms with Gasteiger partial charge in [-0.15, -0.1) is 11.3 Å². The van der Waals surface area contributed by atoms with Crippen LogP contribution in [0.25, 0.3) is 11.1 Å². The van der Waals surface area contributed by atoms with Crippen molar-refractivity contribution in [1.82, 2.24) is 4.98 Å². The Bertz CT molecular complexity index is 1210. The number of alkyl halides is 3. The molecule has 3 N–H and O–H groups in total. The minimum atomic E-state index is -4.85. The molecule has 0 aliphatic carbocycles. The second kappa shape index (κ2) is 7.95. The van der Waals surface area contributed by atoms with Crippen LogP contribution >= 0.6 is 11.3 Å². The van der Waals surface area contributed by atoms with Gasteiger partial charge in [0.2, 0.25) is 5.88 Å². The van der Waals surface area contributed by atoms with E-state index in [9.17, 15) is 41.8 Å². The molecule has 12 heteroatoms. The van der Waals surface area contributed by atoms with Gasteiger partial charge in [-0.1, -0.05) is 12.1 Å². The van der Waals surface area contributed by atoms with Crippen LogP contribution in [-0.4, -0.2) is 27.1 Å². The van der Waals surface area contributed by atoms with Crippen molar-refractivity contribution >= 4 is 28.2 Å². The van der Waals surface area contributed by atoms with Crippen molar-refractivity contribution < 1.29 is 41.8 Å². The van der Waals surface area contributed by atoms with Gasteiger partial charge in [-0.05, 0) is 24.6 Å². The smallest absolute Gasteiger partial charge is 0.433 e. The van der Waals surface area contributed by atoms with E-state index in [-0.39, 0.29) is 21.7 Å². The molecule has 0 aliphatic rings. The quantitative estimate of drug-likeness (QED) is 0.474.